The van der Waals surface area contributed by atoms with Crippen LogP contribution in [0.1, 0.15) is 51.0 Å². The Morgan fingerprint density at radius 2 is 1.44 bits per heavy atom. The molecule has 0 bridgehead atoms. The minimum absolute atomic E-state index is 0.877. The van der Waals surface area contributed by atoms with Gasteiger partial charge in [0.2, 0.25) is 0 Å². The van der Waals surface area contributed by atoms with Crippen molar-refractivity contribution in [2.24, 2.45) is 0 Å². The Hall–Kier alpha value is -2.28. The molecule has 25 heavy (non-hydrogen) atoms. The Kier molecular flexibility index (Phi) is 6.11. The van der Waals surface area contributed by atoms with Crippen molar-refractivity contribution in [2.75, 3.05) is 5.73 Å². The van der Waals surface area contributed by atoms with E-state index < -0.39 is 0 Å². The average molecular weight is 332 g/mol. The molecule has 0 amide bonds. The molecule has 1 nitrogen and oxygen atoms in total. The lowest BCUT2D eigenvalue weighted by molar-refractivity contribution is 0.607. The summed E-state index contributed by atoms with van der Waals surface area (Å²) in [4.78, 5) is 0. The Morgan fingerprint density at radius 3 is 2.24 bits per heavy atom. The number of hydrogen-bond donors (Lipinski definition) is 1. The molecule has 0 radical (unpaired) electrons. The van der Waals surface area contributed by atoms with E-state index in [1.54, 1.807) is 0 Å². The second-order valence-electron chi connectivity index (χ2n) is 6.96. The van der Waals surface area contributed by atoms with E-state index >= 15 is 0 Å². The van der Waals surface area contributed by atoms with Crippen molar-refractivity contribution >= 4 is 16.5 Å². The number of anilines is 1. The van der Waals surface area contributed by atoms with Gasteiger partial charge in [-0.05, 0) is 29.4 Å². The topological polar surface area (TPSA) is 26.0 Å². The monoisotopic (exact) mass is 331 g/mol. The van der Waals surface area contributed by atoms with Gasteiger partial charge in [-0.2, -0.15) is 0 Å². The van der Waals surface area contributed by atoms with Crippen molar-refractivity contribution in [1.29, 1.82) is 0 Å². The number of unbranched alkanes of at least 4 members (excludes halogenated alkanes) is 5. The van der Waals surface area contributed by atoms with Gasteiger partial charge >= 0.3 is 0 Å². The number of benzene rings is 3. The lowest BCUT2D eigenvalue weighted by atomic mass is 9.97. The Balaban J connectivity index is 1.65. The van der Waals surface area contributed by atoms with Crippen LogP contribution in [0.5, 0.6) is 0 Å². The second kappa shape index (κ2) is 8.71. The van der Waals surface area contributed by atoms with Gasteiger partial charge in [-0.3, -0.25) is 0 Å². The van der Waals surface area contributed by atoms with Crippen LogP contribution in [0.4, 0.5) is 5.69 Å². The molecule has 0 aliphatic rings. The highest BCUT2D eigenvalue weighted by Crippen LogP contribution is 2.32. The van der Waals surface area contributed by atoms with Gasteiger partial charge in [-0.25, -0.2) is 0 Å². The summed E-state index contributed by atoms with van der Waals surface area (Å²) in [5.74, 6) is 0. The largest absolute Gasteiger partial charge is 0.398 e. The number of nitrogens with two attached hydrogens (primary N) is 1. The number of hydrogen-bond acceptors (Lipinski definition) is 1. The summed E-state index contributed by atoms with van der Waals surface area (Å²) < 4.78 is 0. The van der Waals surface area contributed by atoms with Gasteiger partial charge in [-0.1, -0.05) is 99.7 Å². The molecule has 3 aromatic carbocycles. The third kappa shape index (κ3) is 4.42. The SMILES string of the molecule is CCCCCCCCc1ccc(-c2ccc3ccccc3c2N)cc1. The molecular formula is C24H29N. The van der Waals surface area contributed by atoms with Crippen molar-refractivity contribution in [3.63, 3.8) is 0 Å². The van der Waals surface area contributed by atoms with E-state index in [9.17, 15) is 0 Å². The average Bonchev–Trinajstić information content (AvgIpc) is 2.66. The highest BCUT2D eigenvalue weighted by Gasteiger charge is 2.06. The molecule has 0 aromatic heterocycles. The molecule has 3 aromatic rings. The number of fused-ring (bicyclic) bond motifs is 1. The van der Waals surface area contributed by atoms with E-state index in [4.69, 9.17) is 5.73 Å². The van der Waals surface area contributed by atoms with Gasteiger partial charge in [-0.15, -0.1) is 0 Å². The smallest absolute Gasteiger partial charge is 0.0473 e. The maximum atomic E-state index is 6.43. The van der Waals surface area contributed by atoms with Crippen molar-refractivity contribution < 1.29 is 0 Å². The molecule has 0 saturated carbocycles. The molecule has 0 saturated heterocycles. The first-order chi connectivity index (χ1) is 12.3. The maximum absolute atomic E-state index is 6.43. The van der Waals surface area contributed by atoms with Crippen molar-refractivity contribution in [3.8, 4) is 11.1 Å². The lowest BCUT2D eigenvalue weighted by Gasteiger charge is -2.10. The standard InChI is InChI=1S/C24H29N/c1-2-3-4-5-6-7-10-19-13-15-21(16-14-19)23-18-17-20-11-8-9-12-22(20)24(23)25/h8-9,11-18H,2-7,10,25H2,1H3. The summed E-state index contributed by atoms with van der Waals surface area (Å²) >= 11 is 0. The molecule has 130 valence electrons. The van der Waals surface area contributed by atoms with Gasteiger partial charge in [0.05, 0.1) is 0 Å². The van der Waals surface area contributed by atoms with Gasteiger partial charge in [0, 0.05) is 16.6 Å². The number of rotatable bonds is 8. The van der Waals surface area contributed by atoms with Crippen molar-refractivity contribution in [1.82, 2.24) is 0 Å². The molecule has 3 rings (SSSR count). The Labute approximate surface area is 151 Å². The van der Waals surface area contributed by atoms with E-state index in [0.717, 1.165) is 16.6 Å². The fourth-order valence-corrected chi connectivity index (χ4v) is 3.51. The van der Waals surface area contributed by atoms with Gasteiger partial charge in [0.25, 0.3) is 0 Å². The zero-order valence-corrected chi connectivity index (χ0v) is 15.3. The summed E-state index contributed by atoms with van der Waals surface area (Å²) in [6.07, 6.45) is 9.28. The third-order valence-corrected chi connectivity index (χ3v) is 5.05. The van der Waals surface area contributed by atoms with Crippen LogP contribution in [0, 0.1) is 0 Å². The van der Waals surface area contributed by atoms with Gasteiger partial charge in [0.1, 0.15) is 0 Å². The summed E-state index contributed by atoms with van der Waals surface area (Å²) in [5, 5.41) is 2.33. The first-order valence-electron chi connectivity index (χ1n) is 9.66. The predicted octanol–water partition coefficient (Wildman–Crippen LogP) is 6.99. The van der Waals surface area contributed by atoms with E-state index in [1.807, 2.05) is 6.07 Å². The fourth-order valence-electron chi connectivity index (χ4n) is 3.51. The molecule has 0 spiro atoms. The molecule has 0 fully saturated rings. The second-order valence-corrected chi connectivity index (χ2v) is 6.96. The van der Waals surface area contributed by atoms with Crippen molar-refractivity contribution in [3.05, 3.63) is 66.2 Å². The molecule has 0 aliphatic carbocycles. The Bertz CT molecular complexity index is 802. The van der Waals surface area contributed by atoms with Crippen LogP contribution >= 0.6 is 0 Å². The summed E-state index contributed by atoms with van der Waals surface area (Å²) in [6, 6.07) is 21.6. The first-order valence-corrected chi connectivity index (χ1v) is 9.66. The summed E-state index contributed by atoms with van der Waals surface area (Å²) in [6.45, 7) is 2.27. The predicted molar refractivity (Wildman–Crippen MR) is 111 cm³/mol. The minimum Gasteiger partial charge on any atom is -0.398 e. The maximum Gasteiger partial charge on any atom is 0.0473 e. The van der Waals surface area contributed by atoms with Crippen LogP contribution in [-0.4, -0.2) is 0 Å². The summed E-state index contributed by atoms with van der Waals surface area (Å²) in [5.41, 5.74) is 11.1. The zero-order chi connectivity index (χ0) is 17.5. The fraction of sp³-hybridized carbons (Fsp3) is 0.333. The molecule has 0 aliphatic heterocycles. The summed E-state index contributed by atoms with van der Waals surface area (Å²) in [7, 11) is 0. The molecule has 0 unspecified atom stereocenters. The molecule has 0 heterocycles. The Morgan fingerprint density at radius 1 is 0.720 bits per heavy atom. The first kappa shape index (κ1) is 17.5. The van der Waals surface area contributed by atoms with Gasteiger partial charge in [0.15, 0.2) is 0 Å². The molecule has 1 heteroatoms. The lowest BCUT2D eigenvalue weighted by Crippen LogP contribution is -1.92. The van der Waals surface area contributed by atoms with E-state index in [1.165, 1.54) is 61.5 Å². The number of nitrogen functional groups attached to an aromatic ring is 1. The van der Waals surface area contributed by atoms with Crippen LogP contribution in [0.3, 0.4) is 0 Å². The molecule has 2 N–H and O–H groups in total. The van der Waals surface area contributed by atoms with E-state index in [-0.39, 0.29) is 0 Å². The van der Waals surface area contributed by atoms with Crippen molar-refractivity contribution in [2.45, 2.75) is 51.9 Å². The van der Waals surface area contributed by atoms with Crippen LogP contribution in [0.2, 0.25) is 0 Å². The molecule has 0 atom stereocenters. The van der Waals surface area contributed by atoms with Crippen LogP contribution < -0.4 is 5.73 Å². The van der Waals surface area contributed by atoms with E-state index in [0.29, 0.717) is 0 Å². The quantitative estimate of drug-likeness (QED) is 0.349. The van der Waals surface area contributed by atoms with Crippen LogP contribution in [-0.2, 0) is 6.42 Å². The van der Waals surface area contributed by atoms with E-state index in [2.05, 4.69) is 61.5 Å². The highest BCUT2D eigenvalue weighted by atomic mass is 14.6. The molecular weight excluding hydrogens is 302 g/mol. The minimum atomic E-state index is 0.877. The zero-order valence-electron chi connectivity index (χ0n) is 15.3. The van der Waals surface area contributed by atoms with Crippen LogP contribution in [0.15, 0.2) is 60.7 Å². The highest BCUT2D eigenvalue weighted by molar-refractivity contribution is 6.00. The third-order valence-electron chi connectivity index (χ3n) is 5.05. The van der Waals surface area contributed by atoms with Crippen LogP contribution in [0.25, 0.3) is 21.9 Å². The number of aryl methyl sites for hydroxylation is 1. The normalized spacial score (nSPS) is 11.1. The van der Waals surface area contributed by atoms with Gasteiger partial charge < -0.3 is 5.73 Å².